The highest BCUT2D eigenvalue weighted by atomic mass is 16.6. The van der Waals surface area contributed by atoms with Crippen molar-refractivity contribution in [2.75, 3.05) is 0 Å². The molecule has 0 fully saturated rings. The molecule has 0 N–H and O–H groups in total. The number of carbonyl (C=O) groups excluding carboxylic acids is 1. The number of hydrogen-bond donors (Lipinski definition) is 0. The molecule has 0 spiro atoms. The van der Waals surface area contributed by atoms with Gasteiger partial charge in [-0.3, -0.25) is 10.1 Å². The fourth-order valence-corrected chi connectivity index (χ4v) is 0.967. The normalized spacial score (nSPS) is 9.00. The predicted octanol–water partition coefficient (Wildman–Crippen LogP) is 1.87. The van der Waals surface area contributed by atoms with Crippen LogP contribution in [0.3, 0.4) is 0 Å². The first-order chi connectivity index (χ1) is 6.15. The lowest BCUT2D eigenvalue weighted by atomic mass is 10.2. The van der Waals surface area contributed by atoms with E-state index in [1.54, 1.807) is 6.92 Å². The van der Waals surface area contributed by atoms with Crippen molar-refractivity contribution in [3.05, 3.63) is 33.9 Å². The maximum atomic E-state index is 10.4. The standard InChI is InChI=1S/C8H6N2O3/c1-6-4-7(9-5-11)2-3-8(6)10(12)13/h2-4H,1H3. The van der Waals surface area contributed by atoms with Crippen LogP contribution in [0, 0.1) is 17.0 Å². The fraction of sp³-hybridized carbons (Fsp3) is 0.125. The van der Waals surface area contributed by atoms with E-state index in [1.807, 2.05) is 0 Å². The fourth-order valence-electron chi connectivity index (χ4n) is 0.967. The quantitative estimate of drug-likeness (QED) is 0.300. The van der Waals surface area contributed by atoms with Crippen molar-refractivity contribution in [1.29, 1.82) is 0 Å². The molecular formula is C8H6N2O3. The zero-order valence-electron chi connectivity index (χ0n) is 6.85. The second-order valence-corrected chi connectivity index (χ2v) is 2.43. The third-order valence-electron chi connectivity index (χ3n) is 1.55. The Bertz CT molecular complexity index is 394. The molecule has 13 heavy (non-hydrogen) atoms. The van der Waals surface area contributed by atoms with E-state index in [9.17, 15) is 14.9 Å². The van der Waals surface area contributed by atoms with E-state index >= 15 is 0 Å². The van der Waals surface area contributed by atoms with Crippen LogP contribution in [0.5, 0.6) is 0 Å². The summed E-state index contributed by atoms with van der Waals surface area (Å²) in [4.78, 5) is 23.1. The summed E-state index contributed by atoms with van der Waals surface area (Å²) in [6.07, 6.45) is 1.37. The Kier molecular flexibility index (Phi) is 2.52. The lowest BCUT2D eigenvalue weighted by Crippen LogP contribution is -1.90. The zero-order chi connectivity index (χ0) is 9.84. The van der Waals surface area contributed by atoms with E-state index < -0.39 is 4.92 Å². The highest BCUT2D eigenvalue weighted by Gasteiger charge is 2.09. The average Bonchev–Trinajstić information content (AvgIpc) is 2.04. The van der Waals surface area contributed by atoms with E-state index in [4.69, 9.17) is 0 Å². The topological polar surface area (TPSA) is 72.6 Å². The molecule has 0 aliphatic carbocycles. The first-order valence-electron chi connectivity index (χ1n) is 3.48. The molecule has 0 bridgehead atoms. The number of rotatable bonds is 2. The third kappa shape index (κ3) is 1.98. The van der Waals surface area contributed by atoms with Crippen molar-refractivity contribution >= 4 is 17.5 Å². The van der Waals surface area contributed by atoms with Crippen molar-refractivity contribution in [2.24, 2.45) is 4.99 Å². The monoisotopic (exact) mass is 178 g/mol. The number of benzene rings is 1. The largest absolute Gasteiger partial charge is 0.272 e. The van der Waals surface area contributed by atoms with Gasteiger partial charge in [0.05, 0.1) is 10.6 Å². The molecule has 0 amide bonds. The molecule has 0 unspecified atom stereocenters. The van der Waals surface area contributed by atoms with Crippen LogP contribution in [0.25, 0.3) is 0 Å². The SMILES string of the molecule is Cc1cc(N=C=O)ccc1[N+](=O)[O-]. The molecule has 0 aromatic heterocycles. The zero-order valence-corrected chi connectivity index (χ0v) is 6.85. The summed E-state index contributed by atoms with van der Waals surface area (Å²) in [7, 11) is 0. The Morgan fingerprint density at radius 3 is 2.69 bits per heavy atom. The Balaban J connectivity index is 3.19. The maximum absolute atomic E-state index is 10.4. The summed E-state index contributed by atoms with van der Waals surface area (Å²) in [6, 6.07) is 4.17. The lowest BCUT2D eigenvalue weighted by Gasteiger charge is -1.96. The van der Waals surface area contributed by atoms with Gasteiger partial charge in [-0.25, -0.2) is 4.79 Å². The van der Waals surface area contributed by atoms with Gasteiger partial charge in [-0.1, -0.05) is 0 Å². The number of aliphatic imine (C=N–C) groups is 1. The number of aryl methyl sites for hydroxylation is 1. The molecule has 5 heteroatoms. The van der Waals surface area contributed by atoms with Gasteiger partial charge in [0, 0.05) is 11.6 Å². The Morgan fingerprint density at radius 2 is 2.23 bits per heavy atom. The highest BCUT2D eigenvalue weighted by molar-refractivity contribution is 5.54. The predicted molar refractivity (Wildman–Crippen MR) is 45.6 cm³/mol. The number of nitro benzene ring substituents is 1. The van der Waals surface area contributed by atoms with Gasteiger partial charge in [-0.2, -0.15) is 4.99 Å². The van der Waals surface area contributed by atoms with Crippen LogP contribution in [0.2, 0.25) is 0 Å². The summed E-state index contributed by atoms with van der Waals surface area (Å²) in [5.74, 6) is 0. The summed E-state index contributed by atoms with van der Waals surface area (Å²) in [6.45, 7) is 1.59. The molecule has 0 aliphatic heterocycles. The molecule has 0 aliphatic rings. The Morgan fingerprint density at radius 1 is 1.54 bits per heavy atom. The molecule has 1 aromatic carbocycles. The van der Waals surface area contributed by atoms with Crippen molar-refractivity contribution < 1.29 is 9.72 Å². The van der Waals surface area contributed by atoms with Crippen LogP contribution in [-0.4, -0.2) is 11.0 Å². The van der Waals surface area contributed by atoms with Gasteiger partial charge >= 0.3 is 0 Å². The van der Waals surface area contributed by atoms with Gasteiger partial charge in [0.25, 0.3) is 5.69 Å². The Labute approximate surface area is 73.9 Å². The van der Waals surface area contributed by atoms with E-state index in [1.165, 1.54) is 24.3 Å². The summed E-state index contributed by atoms with van der Waals surface area (Å²) in [5.41, 5.74) is 0.865. The molecular weight excluding hydrogens is 172 g/mol. The van der Waals surface area contributed by atoms with Crippen molar-refractivity contribution in [2.45, 2.75) is 6.92 Å². The molecule has 0 atom stereocenters. The van der Waals surface area contributed by atoms with E-state index in [0.717, 1.165) is 0 Å². The first-order valence-corrected chi connectivity index (χ1v) is 3.48. The molecule has 5 nitrogen and oxygen atoms in total. The van der Waals surface area contributed by atoms with Crippen LogP contribution >= 0.6 is 0 Å². The van der Waals surface area contributed by atoms with Gasteiger partial charge in [-0.15, -0.1) is 0 Å². The van der Waals surface area contributed by atoms with Crippen molar-refractivity contribution in [3.8, 4) is 0 Å². The van der Waals surface area contributed by atoms with Gasteiger partial charge < -0.3 is 0 Å². The highest BCUT2D eigenvalue weighted by Crippen LogP contribution is 2.22. The van der Waals surface area contributed by atoms with Gasteiger partial charge in [-0.05, 0) is 19.1 Å². The summed E-state index contributed by atoms with van der Waals surface area (Å²) < 4.78 is 0. The average molecular weight is 178 g/mol. The number of nitrogens with zero attached hydrogens (tertiary/aromatic N) is 2. The van der Waals surface area contributed by atoms with E-state index in [0.29, 0.717) is 11.3 Å². The maximum Gasteiger partial charge on any atom is 0.272 e. The number of isocyanates is 1. The van der Waals surface area contributed by atoms with E-state index in [-0.39, 0.29) is 5.69 Å². The smallest absolute Gasteiger partial charge is 0.258 e. The molecule has 66 valence electrons. The number of hydrogen-bond acceptors (Lipinski definition) is 4. The lowest BCUT2D eigenvalue weighted by molar-refractivity contribution is -0.385. The third-order valence-corrected chi connectivity index (χ3v) is 1.55. The van der Waals surface area contributed by atoms with Crippen LogP contribution < -0.4 is 0 Å². The molecule has 1 aromatic rings. The number of nitro groups is 1. The van der Waals surface area contributed by atoms with Crippen LogP contribution in [0.15, 0.2) is 23.2 Å². The van der Waals surface area contributed by atoms with Crippen molar-refractivity contribution in [1.82, 2.24) is 0 Å². The van der Waals surface area contributed by atoms with Crippen LogP contribution in [0.1, 0.15) is 5.56 Å². The van der Waals surface area contributed by atoms with Gasteiger partial charge in [0.1, 0.15) is 0 Å². The summed E-state index contributed by atoms with van der Waals surface area (Å²) in [5, 5.41) is 10.4. The van der Waals surface area contributed by atoms with Gasteiger partial charge in [0.2, 0.25) is 6.08 Å². The second-order valence-electron chi connectivity index (χ2n) is 2.43. The minimum atomic E-state index is -0.482. The van der Waals surface area contributed by atoms with Crippen LogP contribution in [0.4, 0.5) is 11.4 Å². The van der Waals surface area contributed by atoms with Crippen LogP contribution in [-0.2, 0) is 4.79 Å². The molecule has 0 radical (unpaired) electrons. The minimum absolute atomic E-state index is 0.0184. The summed E-state index contributed by atoms with van der Waals surface area (Å²) >= 11 is 0. The second kappa shape index (κ2) is 3.60. The Hall–Kier alpha value is -2.00. The minimum Gasteiger partial charge on any atom is -0.258 e. The molecule has 0 heterocycles. The molecule has 1 rings (SSSR count). The molecule has 0 saturated heterocycles. The molecule has 0 saturated carbocycles. The van der Waals surface area contributed by atoms with Crippen molar-refractivity contribution in [3.63, 3.8) is 0 Å². The first kappa shape index (κ1) is 9.09. The van der Waals surface area contributed by atoms with Gasteiger partial charge in [0.15, 0.2) is 0 Å². The van der Waals surface area contributed by atoms with E-state index in [2.05, 4.69) is 4.99 Å².